The molecule has 0 unspecified atom stereocenters. The van der Waals surface area contributed by atoms with Gasteiger partial charge in [0.25, 0.3) is 0 Å². The van der Waals surface area contributed by atoms with Gasteiger partial charge in [-0.1, -0.05) is 18.8 Å². The highest BCUT2D eigenvalue weighted by molar-refractivity contribution is 7.89. The topological polar surface area (TPSA) is 79.3 Å². The van der Waals surface area contributed by atoms with Crippen LogP contribution in [0.5, 0.6) is 5.75 Å². The Bertz CT molecular complexity index is 1010. The van der Waals surface area contributed by atoms with Gasteiger partial charge in [0.15, 0.2) is 0 Å². The van der Waals surface area contributed by atoms with Crippen LogP contribution in [-0.4, -0.2) is 81.4 Å². The van der Waals surface area contributed by atoms with Crippen molar-refractivity contribution in [2.45, 2.75) is 56.6 Å². The molecule has 7 nitrogen and oxygen atoms in total. The molecule has 1 saturated heterocycles. The molecule has 3 atom stereocenters. The SMILES string of the molecule is C[C@H]1CN([C@@H](C)CO)S(=O)(=O)c2ccc(C#CC3CC3)cc2O[C@@H]1CN(C)CC1CCOCC1. The molecule has 2 heterocycles. The van der Waals surface area contributed by atoms with Crippen molar-refractivity contribution in [3.63, 3.8) is 0 Å². The molecule has 1 aliphatic carbocycles. The quantitative estimate of drug-likeness (QED) is 0.618. The third kappa shape index (κ3) is 6.13. The van der Waals surface area contributed by atoms with Gasteiger partial charge in [0.2, 0.25) is 10.0 Å². The summed E-state index contributed by atoms with van der Waals surface area (Å²) >= 11 is 0. The van der Waals surface area contributed by atoms with E-state index in [1.807, 2.05) is 6.92 Å². The van der Waals surface area contributed by atoms with Crippen LogP contribution in [0.3, 0.4) is 0 Å². The summed E-state index contributed by atoms with van der Waals surface area (Å²) in [7, 11) is -1.72. The summed E-state index contributed by atoms with van der Waals surface area (Å²) in [6.07, 6.45) is 4.21. The van der Waals surface area contributed by atoms with Crippen LogP contribution in [0.25, 0.3) is 0 Å². The number of likely N-dealkylation sites (N-methyl/N-ethyl adjacent to an activating group) is 1. The minimum absolute atomic E-state index is 0.0599. The van der Waals surface area contributed by atoms with Crippen LogP contribution >= 0.6 is 0 Å². The Morgan fingerprint density at radius 1 is 1.21 bits per heavy atom. The molecule has 2 fully saturated rings. The maximum absolute atomic E-state index is 13.6. The number of sulfonamides is 1. The van der Waals surface area contributed by atoms with E-state index in [1.165, 1.54) is 4.31 Å². The normalized spacial score (nSPS) is 26.5. The van der Waals surface area contributed by atoms with E-state index in [-0.39, 0.29) is 23.5 Å². The van der Waals surface area contributed by atoms with Gasteiger partial charge in [-0.15, -0.1) is 0 Å². The molecule has 0 aromatic heterocycles. The smallest absolute Gasteiger partial charge is 0.247 e. The molecule has 3 aliphatic rings. The highest BCUT2D eigenvalue weighted by Gasteiger charge is 2.38. The zero-order valence-corrected chi connectivity index (χ0v) is 21.4. The Balaban J connectivity index is 1.62. The molecule has 1 aromatic rings. The first-order valence-corrected chi connectivity index (χ1v) is 13.9. The van der Waals surface area contributed by atoms with Gasteiger partial charge in [0.05, 0.1) is 6.61 Å². The van der Waals surface area contributed by atoms with E-state index >= 15 is 0 Å². The molecule has 4 rings (SSSR count). The first-order chi connectivity index (χ1) is 16.3. The maximum Gasteiger partial charge on any atom is 0.247 e. The number of fused-ring (bicyclic) bond motifs is 1. The summed E-state index contributed by atoms with van der Waals surface area (Å²) in [6, 6.07) is 4.62. The molecule has 2 aliphatic heterocycles. The number of ether oxygens (including phenoxy) is 2. The number of hydrogen-bond acceptors (Lipinski definition) is 6. The van der Waals surface area contributed by atoms with Crippen molar-refractivity contribution in [1.29, 1.82) is 0 Å². The Morgan fingerprint density at radius 2 is 1.94 bits per heavy atom. The van der Waals surface area contributed by atoms with Gasteiger partial charge in [-0.2, -0.15) is 4.31 Å². The lowest BCUT2D eigenvalue weighted by Gasteiger charge is -2.38. The van der Waals surface area contributed by atoms with Crippen LogP contribution in [0.15, 0.2) is 23.1 Å². The van der Waals surface area contributed by atoms with Crippen molar-refractivity contribution < 1.29 is 23.0 Å². The second kappa shape index (κ2) is 11.0. The van der Waals surface area contributed by atoms with Crippen molar-refractivity contribution in [2.24, 2.45) is 17.8 Å². The molecule has 0 amide bonds. The molecule has 0 spiro atoms. The summed E-state index contributed by atoms with van der Waals surface area (Å²) < 4.78 is 40.5. The summed E-state index contributed by atoms with van der Waals surface area (Å²) in [5, 5.41) is 9.81. The summed E-state index contributed by atoms with van der Waals surface area (Å²) in [5.74, 6) is 7.79. The number of hydrogen-bond donors (Lipinski definition) is 1. The van der Waals surface area contributed by atoms with Gasteiger partial charge in [0.1, 0.15) is 16.7 Å². The predicted octanol–water partition coefficient (Wildman–Crippen LogP) is 2.58. The fourth-order valence-corrected chi connectivity index (χ4v) is 6.51. The fraction of sp³-hybridized carbons (Fsp3) is 0.692. The van der Waals surface area contributed by atoms with Crippen molar-refractivity contribution in [3.05, 3.63) is 23.8 Å². The standard InChI is InChI=1S/C26H38N2O5S/c1-19-15-28(20(2)18-29)34(30,31)26-9-8-22(7-6-21-4-5-21)14-24(26)33-25(19)17-27(3)16-23-10-12-32-13-11-23/h8-9,14,19-21,23,25,29H,4-5,10-13,15-18H2,1-3H3/t19-,20-,25+/m0/s1. The van der Waals surface area contributed by atoms with Gasteiger partial charge in [0, 0.05) is 56.3 Å². The fourth-order valence-electron chi connectivity index (χ4n) is 4.69. The molecule has 0 bridgehead atoms. The van der Waals surface area contributed by atoms with E-state index in [0.717, 1.165) is 51.0 Å². The van der Waals surface area contributed by atoms with E-state index in [9.17, 15) is 13.5 Å². The predicted molar refractivity (Wildman–Crippen MR) is 131 cm³/mol. The van der Waals surface area contributed by atoms with E-state index < -0.39 is 16.1 Å². The van der Waals surface area contributed by atoms with Crippen LogP contribution in [-0.2, 0) is 14.8 Å². The number of aliphatic hydroxyl groups is 1. The lowest BCUT2D eigenvalue weighted by Crippen LogP contribution is -2.50. The minimum Gasteiger partial charge on any atom is -0.487 e. The second-order valence-electron chi connectivity index (χ2n) is 10.2. The largest absolute Gasteiger partial charge is 0.487 e. The van der Waals surface area contributed by atoms with Gasteiger partial charge >= 0.3 is 0 Å². The van der Waals surface area contributed by atoms with Gasteiger partial charge in [-0.05, 0) is 63.8 Å². The van der Waals surface area contributed by atoms with Gasteiger partial charge < -0.3 is 19.5 Å². The average molecular weight is 491 g/mol. The molecule has 0 radical (unpaired) electrons. The Hall–Kier alpha value is -1.63. The van der Waals surface area contributed by atoms with Crippen molar-refractivity contribution in [1.82, 2.24) is 9.21 Å². The van der Waals surface area contributed by atoms with E-state index in [1.54, 1.807) is 25.1 Å². The average Bonchev–Trinajstić information content (AvgIpc) is 3.64. The molecule has 8 heteroatoms. The molecule has 1 N–H and O–H groups in total. The molecule has 34 heavy (non-hydrogen) atoms. The van der Waals surface area contributed by atoms with Gasteiger partial charge in [-0.25, -0.2) is 8.42 Å². The number of nitrogens with zero attached hydrogens (tertiary/aromatic N) is 2. The summed E-state index contributed by atoms with van der Waals surface area (Å²) in [4.78, 5) is 2.44. The Kier molecular flexibility index (Phi) is 8.21. The van der Waals surface area contributed by atoms with E-state index in [2.05, 4.69) is 23.8 Å². The third-order valence-electron chi connectivity index (χ3n) is 7.07. The van der Waals surface area contributed by atoms with Crippen molar-refractivity contribution >= 4 is 10.0 Å². The van der Waals surface area contributed by atoms with Crippen LogP contribution in [0.4, 0.5) is 0 Å². The van der Waals surface area contributed by atoms with Crippen LogP contribution in [0.1, 0.15) is 45.1 Å². The van der Waals surface area contributed by atoms with E-state index in [4.69, 9.17) is 9.47 Å². The zero-order chi connectivity index (χ0) is 24.3. The molecule has 188 valence electrons. The maximum atomic E-state index is 13.6. The first-order valence-electron chi connectivity index (χ1n) is 12.5. The number of aliphatic hydroxyl groups excluding tert-OH is 1. The molecular formula is C26H38N2O5S. The lowest BCUT2D eigenvalue weighted by molar-refractivity contribution is 0.0402. The van der Waals surface area contributed by atoms with E-state index in [0.29, 0.717) is 30.7 Å². The number of benzene rings is 1. The van der Waals surface area contributed by atoms with Crippen molar-refractivity contribution in [2.75, 3.05) is 46.5 Å². The van der Waals surface area contributed by atoms with Crippen LogP contribution in [0.2, 0.25) is 0 Å². The highest BCUT2D eigenvalue weighted by Crippen LogP contribution is 2.34. The van der Waals surface area contributed by atoms with Crippen molar-refractivity contribution in [3.8, 4) is 17.6 Å². The van der Waals surface area contributed by atoms with Crippen LogP contribution in [0, 0.1) is 29.6 Å². The third-order valence-corrected chi connectivity index (χ3v) is 9.09. The zero-order valence-electron chi connectivity index (χ0n) is 20.6. The van der Waals surface area contributed by atoms with Gasteiger partial charge in [-0.3, -0.25) is 0 Å². The highest BCUT2D eigenvalue weighted by atomic mass is 32.2. The summed E-state index contributed by atoms with van der Waals surface area (Å²) in [6.45, 7) is 7.12. The molecule has 1 aromatic carbocycles. The second-order valence-corrected chi connectivity index (χ2v) is 12.1. The molecular weight excluding hydrogens is 452 g/mol. The number of rotatable bonds is 6. The minimum atomic E-state index is -3.82. The Labute approximate surface area is 204 Å². The lowest BCUT2D eigenvalue weighted by atomic mass is 9.98. The summed E-state index contributed by atoms with van der Waals surface area (Å²) in [5.41, 5.74) is 0.769. The Morgan fingerprint density at radius 3 is 2.62 bits per heavy atom. The first kappa shape index (κ1) is 25.5. The van der Waals surface area contributed by atoms with Crippen LogP contribution < -0.4 is 4.74 Å². The monoisotopic (exact) mass is 490 g/mol. The molecule has 1 saturated carbocycles.